The van der Waals surface area contributed by atoms with Gasteiger partial charge in [0.25, 0.3) is 11.8 Å². The zero-order valence-corrected chi connectivity index (χ0v) is 20.7. The van der Waals surface area contributed by atoms with E-state index in [0.29, 0.717) is 47.9 Å². The number of aryl methyl sites for hydroxylation is 2. The van der Waals surface area contributed by atoms with Crippen molar-refractivity contribution in [1.82, 2.24) is 20.2 Å². The first kappa shape index (κ1) is 25.1. The van der Waals surface area contributed by atoms with Gasteiger partial charge in [-0.3, -0.25) is 9.59 Å². The van der Waals surface area contributed by atoms with Gasteiger partial charge in [-0.1, -0.05) is 0 Å². The molecule has 0 spiro atoms. The summed E-state index contributed by atoms with van der Waals surface area (Å²) in [7, 11) is 0. The summed E-state index contributed by atoms with van der Waals surface area (Å²) in [5.41, 5.74) is 4.30. The molecule has 36 heavy (non-hydrogen) atoms. The predicted molar refractivity (Wildman–Crippen MR) is 134 cm³/mol. The third-order valence-electron chi connectivity index (χ3n) is 6.36. The predicted octanol–water partition coefficient (Wildman–Crippen LogP) is 4.06. The van der Waals surface area contributed by atoms with Crippen LogP contribution in [-0.4, -0.2) is 59.1 Å². The van der Waals surface area contributed by atoms with E-state index in [1.165, 1.54) is 0 Å². The van der Waals surface area contributed by atoms with Crippen LogP contribution >= 0.6 is 0 Å². The van der Waals surface area contributed by atoms with Gasteiger partial charge in [0.05, 0.1) is 29.0 Å². The number of ether oxygens (including phenoxy) is 2. The molecule has 0 unspecified atom stereocenters. The zero-order chi connectivity index (χ0) is 25.7. The number of hydrogen-bond donors (Lipinski definition) is 1. The molecule has 3 aromatic rings. The Morgan fingerprint density at radius 2 is 1.58 bits per heavy atom. The highest BCUT2D eigenvalue weighted by Gasteiger charge is 2.24. The van der Waals surface area contributed by atoms with Crippen molar-refractivity contribution >= 4 is 29.0 Å². The van der Waals surface area contributed by atoms with Crippen LogP contribution in [0.25, 0.3) is 11.0 Å². The van der Waals surface area contributed by atoms with Crippen molar-refractivity contribution in [2.75, 3.05) is 26.2 Å². The molecule has 1 N–H and O–H groups in total. The first-order chi connectivity index (χ1) is 17.3. The highest BCUT2D eigenvalue weighted by atomic mass is 16.7. The molecule has 1 fully saturated rings. The number of nitrogens with zero attached hydrogens (tertiary/aromatic N) is 3. The molecule has 2 aromatic carbocycles. The Hall–Kier alpha value is -4.01. The summed E-state index contributed by atoms with van der Waals surface area (Å²) in [6.45, 7) is 7.53. The molecule has 1 aromatic heterocycles. The third-order valence-corrected chi connectivity index (χ3v) is 6.36. The normalized spacial score (nSPS) is 13.9. The molecule has 188 valence electrons. The summed E-state index contributed by atoms with van der Waals surface area (Å²) in [5, 5.41) is 3.02. The topological polar surface area (TPSA) is 111 Å². The number of piperidine rings is 1. The van der Waals surface area contributed by atoms with Crippen molar-refractivity contribution in [3.05, 3.63) is 65.0 Å². The summed E-state index contributed by atoms with van der Waals surface area (Å²) in [6, 6.07) is 11.8. The van der Waals surface area contributed by atoms with Crippen LogP contribution in [0.5, 0.6) is 5.75 Å². The fraction of sp³-hybridized carbons (Fsp3) is 0.370. The van der Waals surface area contributed by atoms with E-state index in [1.807, 2.05) is 24.8 Å². The van der Waals surface area contributed by atoms with E-state index in [1.54, 1.807) is 43.3 Å². The summed E-state index contributed by atoms with van der Waals surface area (Å²) < 4.78 is 9.78. The molecular weight excluding hydrogens is 460 g/mol. The Balaban J connectivity index is 1.26. The monoisotopic (exact) mass is 490 g/mol. The molecule has 0 aliphatic carbocycles. The fourth-order valence-corrected chi connectivity index (χ4v) is 4.14. The van der Waals surface area contributed by atoms with Crippen molar-refractivity contribution in [3.8, 4) is 5.75 Å². The van der Waals surface area contributed by atoms with E-state index >= 15 is 0 Å². The molecule has 1 saturated heterocycles. The number of carbonyl (C=O) groups excluding carboxylic acids is 3. The van der Waals surface area contributed by atoms with Crippen molar-refractivity contribution in [2.24, 2.45) is 5.92 Å². The van der Waals surface area contributed by atoms with Gasteiger partial charge in [-0.15, -0.1) is 0 Å². The number of hydrogen-bond acceptors (Lipinski definition) is 7. The molecule has 4 rings (SSSR count). The number of rotatable bonds is 6. The van der Waals surface area contributed by atoms with Crippen LogP contribution in [0.3, 0.4) is 0 Å². The lowest BCUT2D eigenvalue weighted by molar-refractivity contribution is 0.0684. The van der Waals surface area contributed by atoms with Gasteiger partial charge in [0.2, 0.25) is 0 Å². The van der Waals surface area contributed by atoms with Crippen LogP contribution in [0.2, 0.25) is 0 Å². The first-order valence-corrected chi connectivity index (χ1v) is 12.1. The molecule has 0 saturated carbocycles. The maximum absolute atomic E-state index is 12.9. The fourth-order valence-electron chi connectivity index (χ4n) is 4.14. The highest BCUT2D eigenvalue weighted by molar-refractivity contribution is 5.97. The maximum Gasteiger partial charge on any atom is 0.513 e. The van der Waals surface area contributed by atoms with Gasteiger partial charge in [-0.2, -0.15) is 0 Å². The number of amides is 2. The Morgan fingerprint density at radius 1 is 0.944 bits per heavy atom. The van der Waals surface area contributed by atoms with Gasteiger partial charge in [0.15, 0.2) is 0 Å². The second kappa shape index (κ2) is 11.2. The minimum Gasteiger partial charge on any atom is -0.434 e. The Labute approximate surface area is 209 Å². The summed E-state index contributed by atoms with van der Waals surface area (Å²) >= 11 is 0. The van der Waals surface area contributed by atoms with Crippen LogP contribution in [-0.2, 0) is 4.74 Å². The molecule has 2 heterocycles. The van der Waals surface area contributed by atoms with E-state index in [4.69, 9.17) is 9.47 Å². The van der Waals surface area contributed by atoms with Gasteiger partial charge in [0, 0.05) is 30.8 Å². The molecule has 0 radical (unpaired) electrons. The van der Waals surface area contributed by atoms with Crippen molar-refractivity contribution < 1.29 is 23.9 Å². The Morgan fingerprint density at radius 3 is 2.25 bits per heavy atom. The minimum absolute atomic E-state index is 0.0667. The van der Waals surface area contributed by atoms with Gasteiger partial charge in [-0.25, -0.2) is 14.8 Å². The van der Waals surface area contributed by atoms with Gasteiger partial charge >= 0.3 is 6.16 Å². The number of benzene rings is 2. The standard InChI is InChI=1S/C27H30N4O5/c1-4-35-27(34)36-22-8-5-20(6-9-22)26(33)31-13-11-19(12-14-31)16-28-25(32)21-7-10-23-24(15-21)30-18(3)17(2)29-23/h5-10,15,19H,4,11-14,16H2,1-3H3,(H,28,32). The van der Waals surface area contributed by atoms with Crippen LogP contribution in [0.1, 0.15) is 51.9 Å². The second-order valence-electron chi connectivity index (χ2n) is 8.85. The second-order valence-corrected chi connectivity index (χ2v) is 8.85. The molecule has 1 aliphatic heterocycles. The summed E-state index contributed by atoms with van der Waals surface area (Å²) in [5.74, 6) is 0.412. The average molecular weight is 491 g/mol. The quantitative estimate of drug-likeness (QED) is 0.410. The minimum atomic E-state index is -0.773. The first-order valence-electron chi connectivity index (χ1n) is 12.1. The van der Waals surface area contributed by atoms with Crippen molar-refractivity contribution in [3.63, 3.8) is 0 Å². The van der Waals surface area contributed by atoms with Crippen LogP contribution in [0.15, 0.2) is 42.5 Å². The van der Waals surface area contributed by atoms with E-state index in [2.05, 4.69) is 15.3 Å². The molecule has 0 atom stereocenters. The van der Waals surface area contributed by atoms with Crippen LogP contribution in [0.4, 0.5) is 4.79 Å². The number of likely N-dealkylation sites (tertiary alicyclic amines) is 1. The third kappa shape index (κ3) is 5.97. The van der Waals surface area contributed by atoms with Gasteiger partial charge in [-0.05, 0) is 82.0 Å². The summed E-state index contributed by atoms with van der Waals surface area (Å²) in [4.78, 5) is 47.8. The smallest absolute Gasteiger partial charge is 0.434 e. The zero-order valence-electron chi connectivity index (χ0n) is 20.7. The molecular formula is C27H30N4O5. The number of carbonyl (C=O) groups is 3. The molecule has 9 nitrogen and oxygen atoms in total. The van der Waals surface area contributed by atoms with E-state index in [-0.39, 0.29) is 18.4 Å². The molecule has 9 heteroatoms. The molecule has 1 aliphatic rings. The van der Waals surface area contributed by atoms with E-state index < -0.39 is 6.16 Å². The van der Waals surface area contributed by atoms with Gasteiger partial charge in [0.1, 0.15) is 5.75 Å². The molecule has 2 amide bonds. The highest BCUT2D eigenvalue weighted by Crippen LogP contribution is 2.21. The van der Waals surface area contributed by atoms with Gasteiger partial charge < -0.3 is 19.7 Å². The lowest BCUT2D eigenvalue weighted by Gasteiger charge is -2.32. The molecule has 0 bridgehead atoms. The SMILES string of the molecule is CCOC(=O)Oc1ccc(C(=O)N2CCC(CNC(=O)c3ccc4nc(C)c(C)nc4c3)CC2)cc1. The maximum atomic E-state index is 12.9. The lowest BCUT2D eigenvalue weighted by Crippen LogP contribution is -2.41. The number of nitrogens with one attached hydrogen (secondary N) is 1. The average Bonchev–Trinajstić information content (AvgIpc) is 2.88. The number of aromatic nitrogens is 2. The Bertz CT molecular complexity index is 1270. The van der Waals surface area contributed by atoms with Crippen molar-refractivity contribution in [2.45, 2.75) is 33.6 Å². The van der Waals surface area contributed by atoms with Crippen LogP contribution in [0, 0.1) is 19.8 Å². The van der Waals surface area contributed by atoms with E-state index in [9.17, 15) is 14.4 Å². The van der Waals surface area contributed by atoms with E-state index in [0.717, 1.165) is 29.7 Å². The summed E-state index contributed by atoms with van der Waals surface area (Å²) in [6.07, 6.45) is 0.834. The van der Waals surface area contributed by atoms with Crippen LogP contribution < -0.4 is 10.1 Å². The van der Waals surface area contributed by atoms with Crippen molar-refractivity contribution in [1.29, 1.82) is 0 Å². The Kier molecular flexibility index (Phi) is 7.77. The number of fused-ring (bicyclic) bond motifs is 1. The lowest BCUT2D eigenvalue weighted by atomic mass is 9.96. The largest absolute Gasteiger partial charge is 0.513 e.